The Morgan fingerprint density at radius 2 is 1.74 bits per heavy atom. The fraction of sp³-hybridized carbons (Fsp3) is 0.423. The SMILES string of the molecule is CC1CCN(C(=O)c2cnn3ccc(C4CCN(C(=O)Nc5cccc(Cl)c5)CC4)cc23)CC1. The second kappa shape index (κ2) is 9.66. The minimum atomic E-state index is -0.101. The van der Waals surface area contributed by atoms with Gasteiger partial charge in [-0.05, 0) is 73.4 Å². The summed E-state index contributed by atoms with van der Waals surface area (Å²) in [6.45, 7) is 5.23. The molecule has 0 radical (unpaired) electrons. The van der Waals surface area contributed by atoms with E-state index in [1.165, 1.54) is 5.56 Å². The van der Waals surface area contributed by atoms with Crippen molar-refractivity contribution in [3.63, 3.8) is 0 Å². The molecule has 5 rings (SSSR count). The lowest BCUT2D eigenvalue weighted by Gasteiger charge is -2.32. The monoisotopic (exact) mass is 479 g/mol. The number of hydrogen-bond acceptors (Lipinski definition) is 3. The van der Waals surface area contributed by atoms with Crippen LogP contribution in [0.15, 0.2) is 48.8 Å². The molecular formula is C26H30ClN5O2. The maximum Gasteiger partial charge on any atom is 0.321 e. The lowest BCUT2D eigenvalue weighted by Crippen LogP contribution is -2.40. The highest BCUT2D eigenvalue weighted by Crippen LogP contribution is 2.30. The molecule has 0 saturated carbocycles. The number of anilines is 1. The molecule has 3 amide bonds. The first kappa shape index (κ1) is 22.7. The van der Waals surface area contributed by atoms with Gasteiger partial charge < -0.3 is 15.1 Å². The van der Waals surface area contributed by atoms with Crippen LogP contribution >= 0.6 is 11.6 Å². The second-order valence-corrected chi connectivity index (χ2v) is 9.96. The van der Waals surface area contributed by atoms with E-state index in [1.54, 1.807) is 22.8 Å². The third-order valence-corrected chi connectivity index (χ3v) is 7.41. The average molecular weight is 480 g/mol. The quantitative estimate of drug-likeness (QED) is 0.556. The van der Waals surface area contributed by atoms with Crippen LogP contribution in [0.25, 0.3) is 5.52 Å². The minimum Gasteiger partial charge on any atom is -0.339 e. The summed E-state index contributed by atoms with van der Waals surface area (Å²) in [6, 6.07) is 11.3. The van der Waals surface area contributed by atoms with Crippen molar-refractivity contribution in [2.24, 2.45) is 5.92 Å². The molecule has 3 aromatic rings. The van der Waals surface area contributed by atoms with Crippen molar-refractivity contribution in [1.82, 2.24) is 19.4 Å². The molecule has 2 aliphatic rings. The van der Waals surface area contributed by atoms with Crippen LogP contribution in [0, 0.1) is 5.92 Å². The van der Waals surface area contributed by atoms with Crippen LogP contribution in [0.4, 0.5) is 10.5 Å². The number of carbonyl (C=O) groups is 2. The highest BCUT2D eigenvalue weighted by Gasteiger charge is 2.27. The van der Waals surface area contributed by atoms with Crippen molar-refractivity contribution >= 4 is 34.7 Å². The van der Waals surface area contributed by atoms with Crippen LogP contribution in [0.2, 0.25) is 5.02 Å². The summed E-state index contributed by atoms with van der Waals surface area (Å²) in [5.74, 6) is 1.10. The Labute approximate surface area is 204 Å². The van der Waals surface area contributed by atoms with Crippen molar-refractivity contribution in [2.45, 2.75) is 38.5 Å². The highest BCUT2D eigenvalue weighted by atomic mass is 35.5. The van der Waals surface area contributed by atoms with Crippen LogP contribution in [0.5, 0.6) is 0 Å². The Balaban J connectivity index is 1.25. The van der Waals surface area contributed by atoms with Gasteiger partial charge in [-0.1, -0.05) is 24.6 Å². The van der Waals surface area contributed by atoms with Crippen molar-refractivity contribution in [3.8, 4) is 0 Å². The number of benzene rings is 1. The van der Waals surface area contributed by atoms with Crippen LogP contribution in [-0.4, -0.2) is 57.5 Å². The van der Waals surface area contributed by atoms with Crippen LogP contribution < -0.4 is 5.32 Å². The molecule has 0 atom stereocenters. The molecule has 0 aliphatic carbocycles. The number of rotatable bonds is 3. The van der Waals surface area contributed by atoms with Gasteiger partial charge in [-0.25, -0.2) is 9.31 Å². The summed E-state index contributed by atoms with van der Waals surface area (Å²) in [4.78, 5) is 29.6. The number of amides is 3. The molecule has 0 spiro atoms. The number of aromatic nitrogens is 2. The number of halogens is 1. The topological polar surface area (TPSA) is 70.0 Å². The predicted octanol–water partition coefficient (Wildman–Crippen LogP) is 5.27. The van der Waals surface area contributed by atoms with Gasteiger partial charge in [0.15, 0.2) is 0 Å². The number of urea groups is 1. The zero-order chi connectivity index (χ0) is 23.7. The molecule has 2 aliphatic heterocycles. The van der Waals surface area contributed by atoms with Crippen molar-refractivity contribution in [2.75, 3.05) is 31.5 Å². The molecule has 7 nitrogen and oxygen atoms in total. The van der Waals surface area contributed by atoms with E-state index in [9.17, 15) is 9.59 Å². The number of likely N-dealkylation sites (tertiary alicyclic amines) is 2. The summed E-state index contributed by atoms with van der Waals surface area (Å²) >= 11 is 6.02. The summed E-state index contributed by atoms with van der Waals surface area (Å²) in [5, 5.41) is 7.94. The van der Waals surface area contributed by atoms with Gasteiger partial charge in [0.05, 0.1) is 17.3 Å². The smallest absolute Gasteiger partial charge is 0.321 e. The molecule has 4 heterocycles. The van der Waals surface area contributed by atoms with E-state index in [1.807, 2.05) is 28.1 Å². The lowest BCUT2D eigenvalue weighted by molar-refractivity contribution is 0.0699. The number of nitrogens with one attached hydrogen (secondary N) is 1. The first-order valence-electron chi connectivity index (χ1n) is 12.1. The van der Waals surface area contributed by atoms with Crippen LogP contribution in [0.3, 0.4) is 0 Å². The first-order chi connectivity index (χ1) is 16.5. The van der Waals surface area contributed by atoms with Gasteiger partial charge in [0, 0.05) is 43.1 Å². The first-order valence-corrected chi connectivity index (χ1v) is 12.4. The fourth-order valence-electron chi connectivity index (χ4n) is 4.98. The molecule has 2 aromatic heterocycles. The van der Waals surface area contributed by atoms with E-state index in [0.29, 0.717) is 41.2 Å². The molecule has 1 aromatic carbocycles. The molecule has 0 unspecified atom stereocenters. The summed E-state index contributed by atoms with van der Waals surface area (Å²) < 4.78 is 1.79. The van der Waals surface area contributed by atoms with Gasteiger partial charge in [0.1, 0.15) is 0 Å². The Morgan fingerprint density at radius 1 is 1.00 bits per heavy atom. The van der Waals surface area contributed by atoms with Crippen LogP contribution in [-0.2, 0) is 0 Å². The standard InChI is InChI=1S/C26H30ClN5O2/c1-18-5-10-30(11-6-18)25(33)23-17-28-32-14-9-20(15-24(23)32)19-7-12-31(13-8-19)26(34)29-22-4-2-3-21(27)16-22/h2-4,9,14-19H,5-8,10-13H2,1H3,(H,29,34). The highest BCUT2D eigenvalue weighted by molar-refractivity contribution is 6.30. The zero-order valence-electron chi connectivity index (χ0n) is 19.4. The Hall–Kier alpha value is -3.06. The largest absolute Gasteiger partial charge is 0.339 e. The van der Waals surface area contributed by atoms with E-state index in [2.05, 4.69) is 29.5 Å². The number of nitrogens with zero attached hydrogens (tertiary/aromatic N) is 4. The third-order valence-electron chi connectivity index (χ3n) is 7.18. The molecule has 0 bridgehead atoms. The van der Waals surface area contributed by atoms with Crippen LogP contribution in [0.1, 0.15) is 54.4 Å². The van der Waals surface area contributed by atoms with Gasteiger partial charge in [-0.3, -0.25) is 4.79 Å². The van der Waals surface area contributed by atoms with Crippen molar-refractivity contribution < 1.29 is 9.59 Å². The number of piperidine rings is 2. The Morgan fingerprint density at radius 3 is 2.47 bits per heavy atom. The second-order valence-electron chi connectivity index (χ2n) is 9.52. The number of carbonyl (C=O) groups excluding carboxylic acids is 2. The molecule has 178 valence electrons. The average Bonchev–Trinajstić information content (AvgIpc) is 3.27. The number of hydrogen-bond donors (Lipinski definition) is 1. The van der Waals surface area contributed by atoms with Crippen molar-refractivity contribution in [1.29, 1.82) is 0 Å². The van der Waals surface area contributed by atoms with Crippen molar-refractivity contribution in [3.05, 3.63) is 64.9 Å². The molecule has 1 N–H and O–H groups in total. The third kappa shape index (κ3) is 4.75. The maximum atomic E-state index is 13.2. The molecule has 2 fully saturated rings. The number of fused-ring (bicyclic) bond motifs is 1. The summed E-state index contributed by atoms with van der Waals surface area (Å²) in [7, 11) is 0. The predicted molar refractivity (Wildman–Crippen MR) is 134 cm³/mol. The Bertz CT molecular complexity index is 1190. The normalized spacial score (nSPS) is 17.8. The molecule has 2 saturated heterocycles. The maximum absolute atomic E-state index is 13.2. The summed E-state index contributed by atoms with van der Waals surface area (Å²) in [6.07, 6.45) is 7.50. The van der Waals surface area contributed by atoms with E-state index in [-0.39, 0.29) is 11.9 Å². The molecular weight excluding hydrogens is 450 g/mol. The zero-order valence-corrected chi connectivity index (χ0v) is 20.2. The lowest BCUT2D eigenvalue weighted by atomic mass is 9.89. The van der Waals surface area contributed by atoms with E-state index >= 15 is 0 Å². The summed E-state index contributed by atoms with van der Waals surface area (Å²) in [5.41, 5.74) is 3.44. The van der Waals surface area contributed by atoms with E-state index < -0.39 is 0 Å². The van der Waals surface area contributed by atoms with E-state index in [4.69, 9.17) is 11.6 Å². The van der Waals surface area contributed by atoms with Gasteiger partial charge in [-0.2, -0.15) is 5.10 Å². The molecule has 8 heteroatoms. The van der Waals surface area contributed by atoms with Gasteiger partial charge in [-0.15, -0.1) is 0 Å². The Kier molecular flexibility index (Phi) is 6.46. The van der Waals surface area contributed by atoms with Gasteiger partial charge in [0.25, 0.3) is 5.91 Å². The minimum absolute atomic E-state index is 0.0755. The molecule has 34 heavy (non-hydrogen) atoms. The fourth-order valence-corrected chi connectivity index (χ4v) is 5.17. The van der Waals surface area contributed by atoms with Gasteiger partial charge >= 0.3 is 6.03 Å². The van der Waals surface area contributed by atoms with E-state index in [0.717, 1.165) is 44.3 Å². The van der Waals surface area contributed by atoms with Gasteiger partial charge in [0.2, 0.25) is 0 Å². The number of pyridine rings is 1.